The molecule has 0 aromatic heterocycles. The molecule has 5 rings (SSSR count). The molecule has 0 saturated heterocycles. The first kappa shape index (κ1) is 23.8. The van der Waals surface area contributed by atoms with Crippen molar-refractivity contribution in [2.24, 2.45) is 0 Å². The second-order valence-electron chi connectivity index (χ2n) is 9.22. The number of carbonyl (C=O) groups is 1. The van der Waals surface area contributed by atoms with Crippen LogP contribution in [-0.2, 0) is 11.2 Å². The van der Waals surface area contributed by atoms with E-state index in [2.05, 4.69) is 47.9 Å². The summed E-state index contributed by atoms with van der Waals surface area (Å²) >= 11 is 0. The van der Waals surface area contributed by atoms with Crippen molar-refractivity contribution in [3.8, 4) is 17.2 Å². The van der Waals surface area contributed by atoms with Gasteiger partial charge in [-0.15, -0.1) is 0 Å². The number of aryl methyl sites for hydroxylation is 1. The number of carbonyl (C=O) groups excluding carboxylic acids is 1. The van der Waals surface area contributed by atoms with Crippen LogP contribution in [0.3, 0.4) is 0 Å². The lowest BCUT2D eigenvalue weighted by atomic mass is 9.78. The van der Waals surface area contributed by atoms with E-state index in [1.807, 2.05) is 30.3 Å². The van der Waals surface area contributed by atoms with Crippen molar-refractivity contribution in [1.29, 1.82) is 0 Å². The highest BCUT2D eigenvalue weighted by atomic mass is 16.5. The van der Waals surface area contributed by atoms with Gasteiger partial charge in [0.2, 0.25) is 5.75 Å². The minimum absolute atomic E-state index is 0.0224. The molecule has 2 aliphatic rings. The third-order valence-electron chi connectivity index (χ3n) is 7.19. The van der Waals surface area contributed by atoms with Crippen LogP contribution in [0.5, 0.6) is 17.2 Å². The first-order valence-corrected chi connectivity index (χ1v) is 12.3. The van der Waals surface area contributed by atoms with Crippen molar-refractivity contribution in [3.63, 3.8) is 0 Å². The minimum atomic E-state index is -0.226. The number of nitrogens with one attached hydrogen (secondary N) is 2. The van der Waals surface area contributed by atoms with Crippen LogP contribution in [0.15, 0.2) is 71.9 Å². The fourth-order valence-corrected chi connectivity index (χ4v) is 5.26. The van der Waals surface area contributed by atoms with Gasteiger partial charge >= 0.3 is 0 Å². The van der Waals surface area contributed by atoms with Crippen LogP contribution in [0.1, 0.15) is 48.4 Å². The van der Waals surface area contributed by atoms with Crippen molar-refractivity contribution in [1.82, 2.24) is 0 Å². The molecule has 1 aliphatic heterocycles. The number of methoxy groups -OCH3 is 3. The number of para-hydroxylation sites is 2. The second-order valence-corrected chi connectivity index (χ2v) is 9.22. The van der Waals surface area contributed by atoms with Crippen molar-refractivity contribution >= 4 is 17.2 Å². The number of hydrogen-bond donors (Lipinski definition) is 2. The van der Waals surface area contributed by atoms with E-state index in [0.717, 1.165) is 40.2 Å². The Morgan fingerprint density at radius 2 is 1.50 bits per heavy atom. The molecule has 2 atom stereocenters. The summed E-state index contributed by atoms with van der Waals surface area (Å²) in [6.07, 6.45) is 2.08. The van der Waals surface area contributed by atoms with Crippen LogP contribution in [0.2, 0.25) is 0 Å². The van der Waals surface area contributed by atoms with E-state index in [0.29, 0.717) is 30.1 Å². The number of rotatable bonds is 6. The van der Waals surface area contributed by atoms with Gasteiger partial charge in [0.1, 0.15) is 0 Å². The van der Waals surface area contributed by atoms with Crippen LogP contribution in [-0.4, -0.2) is 27.1 Å². The third-order valence-corrected chi connectivity index (χ3v) is 7.19. The van der Waals surface area contributed by atoms with Crippen molar-refractivity contribution in [3.05, 3.63) is 88.6 Å². The lowest BCUT2D eigenvalue weighted by molar-refractivity contribution is -0.116. The molecular formula is C30H32N2O4. The zero-order valence-electron chi connectivity index (χ0n) is 21.2. The molecule has 6 heteroatoms. The van der Waals surface area contributed by atoms with Crippen LogP contribution < -0.4 is 24.8 Å². The molecule has 2 N–H and O–H groups in total. The van der Waals surface area contributed by atoms with E-state index in [9.17, 15) is 4.79 Å². The number of benzene rings is 3. The Hall–Kier alpha value is -3.93. The van der Waals surface area contributed by atoms with Gasteiger partial charge in [-0.05, 0) is 59.7 Å². The highest BCUT2D eigenvalue weighted by Gasteiger charge is 2.36. The van der Waals surface area contributed by atoms with Gasteiger partial charge in [-0.3, -0.25) is 4.79 Å². The van der Waals surface area contributed by atoms with Gasteiger partial charge in [-0.1, -0.05) is 43.3 Å². The van der Waals surface area contributed by atoms with Crippen LogP contribution >= 0.6 is 0 Å². The number of fused-ring (bicyclic) bond motifs is 1. The topological polar surface area (TPSA) is 68.8 Å². The molecule has 0 fully saturated rings. The average Bonchev–Trinajstić information content (AvgIpc) is 3.09. The standard InChI is InChI=1S/C30H32N2O4/c1-5-18-10-12-19(13-11-18)29-28-24(31-22-8-6-7-9-23(22)32-29)14-20(15-25(28)33)21-16-26(34-2)30(36-4)27(17-21)35-3/h6-13,16-17,20,29,31-32H,5,14-15H2,1-4H3/t20-,29+/m0/s1. The number of Topliss-reactive ketones (excluding diaryl/α,β-unsaturated/α-hetero) is 1. The average molecular weight is 485 g/mol. The van der Waals surface area contributed by atoms with Crippen molar-refractivity contribution in [2.75, 3.05) is 32.0 Å². The molecule has 0 bridgehead atoms. The molecule has 0 spiro atoms. The Bertz CT molecular complexity index is 1290. The van der Waals surface area contributed by atoms with E-state index >= 15 is 0 Å². The molecule has 6 nitrogen and oxygen atoms in total. The van der Waals surface area contributed by atoms with Gasteiger partial charge < -0.3 is 24.8 Å². The molecule has 0 saturated carbocycles. The van der Waals surface area contributed by atoms with Crippen molar-refractivity contribution in [2.45, 2.75) is 38.1 Å². The molecule has 3 aromatic carbocycles. The Kier molecular flexibility index (Phi) is 6.59. The number of ketones is 1. The summed E-state index contributed by atoms with van der Waals surface area (Å²) in [7, 11) is 4.81. The predicted molar refractivity (Wildman–Crippen MR) is 142 cm³/mol. The van der Waals surface area contributed by atoms with Crippen LogP contribution in [0.4, 0.5) is 11.4 Å². The predicted octanol–water partition coefficient (Wildman–Crippen LogP) is 6.25. The van der Waals surface area contributed by atoms with Gasteiger partial charge in [0.25, 0.3) is 0 Å². The monoisotopic (exact) mass is 484 g/mol. The Labute approximate surface area is 212 Å². The lowest BCUT2D eigenvalue weighted by Crippen LogP contribution is -2.27. The first-order chi connectivity index (χ1) is 17.6. The molecule has 36 heavy (non-hydrogen) atoms. The van der Waals surface area contributed by atoms with Crippen LogP contribution in [0, 0.1) is 0 Å². The largest absolute Gasteiger partial charge is 0.493 e. The summed E-state index contributed by atoms with van der Waals surface area (Å²) in [4.78, 5) is 13.8. The molecule has 186 valence electrons. The van der Waals surface area contributed by atoms with Gasteiger partial charge in [-0.25, -0.2) is 0 Å². The maximum Gasteiger partial charge on any atom is 0.203 e. The molecule has 1 aliphatic carbocycles. The minimum Gasteiger partial charge on any atom is -0.493 e. The first-order valence-electron chi connectivity index (χ1n) is 12.3. The second kappa shape index (κ2) is 9.97. The zero-order chi connectivity index (χ0) is 25.2. The Morgan fingerprint density at radius 1 is 0.833 bits per heavy atom. The molecular weight excluding hydrogens is 452 g/mol. The molecule has 1 heterocycles. The number of hydrogen-bond acceptors (Lipinski definition) is 6. The highest BCUT2D eigenvalue weighted by Crippen LogP contribution is 2.47. The SMILES string of the molecule is CCc1ccc([C@H]2Nc3ccccc3NC3=C2C(=O)C[C@@H](c2cc(OC)c(OC)c(OC)c2)C3)cc1. The maximum atomic E-state index is 13.8. The molecule has 0 radical (unpaired) electrons. The summed E-state index contributed by atoms with van der Waals surface area (Å²) in [6, 6.07) is 20.3. The van der Waals surface area contributed by atoms with E-state index in [1.165, 1.54) is 5.56 Å². The zero-order valence-corrected chi connectivity index (χ0v) is 21.2. The van der Waals surface area contributed by atoms with E-state index < -0.39 is 0 Å². The van der Waals surface area contributed by atoms with E-state index in [1.54, 1.807) is 21.3 Å². The quantitative estimate of drug-likeness (QED) is 0.431. The van der Waals surface area contributed by atoms with Gasteiger partial charge in [0, 0.05) is 17.7 Å². The third kappa shape index (κ3) is 4.28. The summed E-state index contributed by atoms with van der Waals surface area (Å²) in [6.45, 7) is 2.15. The fraction of sp³-hybridized carbons (Fsp3) is 0.300. The Balaban J connectivity index is 1.58. The van der Waals surface area contributed by atoms with Crippen LogP contribution in [0.25, 0.3) is 0 Å². The smallest absolute Gasteiger partial charge is 0.203 e. The van der Waals surface area contributed by atoms with Gasteiger partial charge in [-0.2, -0.15) is 0 Å². The summed E-state index contributed by atoms with van der Waals surface area (Å²) in [5.41, 5.74) is 7.05. The summed E-state index contributed by atoms with van der Waals surface area (Å²) in [5, 5.41) is 7.25. The summed E-state index contributed by atoms with van der Waals surface area (Å²) in [5.74, 6) is 1.84. The summed E-state index contributed by atoms with van der Waals surface area (Å²) < 4.78 is 16.6. The van der Waals surface area contributed by atoms with E-state index in [4.69, 9.17) is 14.2 Å². The lowest BCUT2D eigenvalue weighted by Gasteiger charge is -2.30. The number of ether oxygens (including phenoxy) is 3. The number of anilines is 2. The maximum absolute atomic E-state index is 13.8. The molecule has 0 unspecified atom stereocenters. The van der Waals surface area contributed by atoms with E-state index in [-0.39, 0.29) is 17.7 Å². The van der Waals surface area contributed by atoms with Crippen molar-refractivity contribution < 1.29 is 19.0 Å². The molecule has 3 aromatic rings. The molecule has 0 amide bonds. The van der Waals surface area contributed by atoms with Gasteiger partial charge in [0.15, 0.2) is 17.3 Å². The highest BCUT2D eigenvalue weighted by molar-refractivity contribution is 6.01. The van der Waals surface area contributed by atoms with Gasteiger partial charge in [0.05, 0.1) is 38.7 Å². The fourth-order valence-electron chi connectivity index (χ4n) is 5.26. The Morgan fingerprint density at radius 3 is 2.11 bits per heavy atom. The normalized spacial score (nSPS) is 18.8. The number of allylic oxidation sites excluding steroid dienone is 1.